The van der Waals surface area contributed by atoms with Crippen LogP contribution >= 0.6 is 0 Å². The van der Waals surface area contributed by atoms with Crippen LogP contribution in [0.4, 0.5) is 5.69 Å². The third kappa shape index (κ3) is 3.34. The Morgan fingerprint density at radius 3 is 2.56 bits per heavy atom. The zero-order valence-corrected chi connectivity index (χ0v) is 16.1. The van der Waals surface area contributed by atoms with Crippen molar-refractivity contribution in [2.75, 3.05) is 37.6 Å². The maximum absolute atomic E-state index is 12.8. The monoisotopic (exact) mass is 370 g/mol. The quantitative estimate of drug-likeness (QED) is 0.799. The molecule has 1 spiro atoms. The van der Waals surface area contributed by atoms with E-state index in [2.05, 4.69) is 26.9 Å². The lowest BCUT2D eigenvalue weighted by atomic mass is 9.91. The van der Waals surface area contributed by atoms with Gasteiger partial charge in [0.05, 0.1) is 18.7 Å². The molecule has 5 rings (SSSR count). The van der Waals surface area contributed by atoms with Gasteiger partial charge < -0.3 is 14.5 Å². The predicted octanol–water partition coefficient (Wildman–Crippen LogP) is 2.25. The molecule has 1 atom stereocenters. The van der Waals surface area contributed by atoms with Gasteiger partial charge in [-0.1, -0.05) is 19.3 Å². The van der Waals surface area contributed by atoms with E-state index in [1.54, 1.807) is 0 Å². The first-order chi connectivity index (χ1) is 13.2. The normalized spacial score (nSPS) is 29.3. The lowest BCUT2D eigenvalue weighted by Crippen LogP contribution is -2.57. The Hall–Kier alpha value is -1.66. The Morgan fingerprint density at radius 1 is 1.07 bits per heavy atom. The molecule has 1 unspecified atom stereocenters. The van der Waals surface area contributed by atoms with Crippen molar-refractivity contribution in [1.29, 1.82) is 0 Å². The number of aromatic nitrogens is 1. The first kappa shape index (κ1) is 17.4. The number of nitrogens with zero attached hydrogens (tertiary/aromatic N) is 4. The molecule has 3 aliphatic heterocycles. The maximum atomic E-state index is 12.8. The van der Waals surface area contributed by atoms with E-state index >= 15 is 0 Å². The van der Waals surface area contributed by atoms with E-state index in [1.165, 1.54) is 37.8 Å². The number of fused-ring (bicyclic) bond motifs is 1. The van der Waals surface area contributed by atoms with Gasteiger partial charge in [0, 0.05) is 43.8 Å². The zero-order valence-electron chi connectivity index (χ0n) is 16.1. The Balaban J connectivity index is 1.24. The molecule has 0 radical (unpaired) electrons. The van der Waals surface area contributed by atoms with Crippen LogP contribution in [0.25, 0.3) is 0 Å². The van der Waals surface area contributed by atoms with Crippen molar-refractivity contribution in [1.82, 2.24) is 14.8 Å². The number of amides is 1. The summed E-state index contributed by atoms with van der Waals surface area (Å²) < 4.78 is 6.59. The highest BCUT2D eigenvalue weighted by Gasteiger charge is 2.51. The molecule has 1 aromatic heterocycles. The van der Waals surface area contributed by atoms with Gasteiger partial charge in [0.1, 0.15) is 6.23 Å². The summed E-state index contributed by atoms with van der Waals surface area (Å²) >= 11 is 0. The van der Waals surface area contributed by atoms with Gasteiger partial charge in [-0.25, -0.2) is 0 Å². The summed E-state index contributed by atoms with van der Waals surface area (Å²) in [5, 5.41) is 0. The van der Waals surface area contributed by atoms with Gasteiger partial charge in [-0.3, -0.25) is 14.7 Å². The molecule has 6 heteroatoms. The number of hydrogen-bond donors (Lipinski definition) is 0. The fourth-order valence-corrected chi connectivity index (χ4v) is 5.44. The molecule has 1 aliphatic carbocycles. The van der Waals surface area contributed by atoms with Gasteiger partial charge in [-0.15, -0.1) is 0 Å². The van der Waals surface area contributed by atoms with Crippen LogP contribution in [0.2, 0.25) is 0 Å². The number of piperazine rings is 1. The van der Waals surface area contributed by atoms with Crippen LogP contribution < -0.4 is 4.90 Å². The third-order valence-corrected chi connectivity index (χ3v) is 7.04. The highest BCUT2D eigenvalue weighted by atomic mass is 16.5. The molecule has 0 N–H and O–H groups in total. The molecule has 4 fully saturated rings. The molecule has 3 saturated heterocycles. The van der Waals surface area contributed by atoms with Crippen LogP contribution in [0.5, 0.6) is 0 Å². The second-order valence-corrected chi connectivity index (χ2v) is 8.69. The summed E-state index contributed by atoms with van der Waals surface area (Å²) in [5.41, 5.74) is 1.09. The Labute approximate surface area is 161 Å². The Bertz CT molecular complexity index is 668. The number of rotatable bonds is 2. The molecule has 1 saturated carbocycles. The van der Waals surface area contributed by atoms with Crippen LogP contribution in [0, 0.1) is 0 Å². The molecule has 0 bridgehead atoms. The topological polar surface area (TPSA) is 48.9 Å². The second-order valence-electron chi connectivity index (χ2n) is 8.69. The van der Waals surface area contributed by atoms with E-state index in [1.807, 2.05) is 17.3 Å². The third-order valence-electron chi connectivity index (χ3n) is 7.04. The van der Waals surface area contributed by atoms with Crippen LogP contribution in [0.3, 0.4) is 0 Å². The summed E-state index contributed by atoms with van der Waals surface area (Å²) in [6.45, 7) is 4.21. The van der Waals surface area contributed by atoms with E-state index in [4.69, 9.17) is 4.74 Å². The number of ether oxygens (including phenoxy) is 1. The van der Waals surface area contributed by atoms with Crippen molar-refractivity contribution >= 4 is 11.6 Å². The van der Waals surface area contributed by atoms with E-state index < -0.39 is 0 Å². The van der Waals surface area contributed by atoms with Crippen molar-refractivity contribution in [3.05, 3.63) is 24.5 Å². The summed E-state index contributed by atoms with van der Waals surface area (Å²) in [6, 6.07) is 4.73. The molecule has 6 nitrogen and oxygen atoms in total. The smallest absolute Gasteiger partial charge is 0.238 e. The van der Waals surface area contributed by atoms with Crippen molar-refractivity contribution in [2.45, 2.75) is 62.8 Å². The van der Waals surface area contributed by atoms with Gasteiger partial charge >= 0.3 is 0 Å². The Morgan fingerprint density at radius 2 is 1.81 bits per heavy atom. The van der Waals surface area contributed by atoms with Gasteiger partial charge in [0.2, 0.25) is 5.91 Å². The second kappa shape index (κ2) is 7.06. The van der Waals surface area contributed by atoms with Crippen molar-refractivity contribution in [3.8, 4) is 0 Å². The lowest BCUT2D eigenvalue weighted by molar-refractivity contribution is -0.151. The minimum Gasteiger partial charge on any atom is -0.371 e. The minimum atomic E-state index is -0.146. The molecule has 4 heterocycles. The molecule has 146 valence electrons. The fourth-order valence-electron chi connectivity index (χ4n) is 5.44. The van der Waals surface area contributed by atoms with E-state index in [-0.39, 0.29) is 17.7 Å². The first-order valence-corrected chi connectivity index (χ1v) is 10.6. The van der Waals surface area contributed by atoms with Crippen molar-refractivity contribution < 1.29 is 9.53 Å². The summed E-state index contributed by atoms with van der Waals surface area (Å²) in [5.74, 6) is 0.269. The first-order valence-electron chi connectivity index (χ1n) is 10.6. The van der Waals surface area contributed by atoms with Gasteiger partial charge in [0.25, 0.3) is 0 Å². The van der Waals surface area contributed by atoms with E-state index in [9.17, 15) is 4.79 Å². The fraction of sp³-hybridized carbons (Fsp3) is 0.714. The van der Waals surface area contributed by atoms with Crippen LogP contribution in [-0.2, 0) is 9.53 Å². The van der Waals surface area contributed by atoms with Crippen LogP contribution in [0.15, 0.2) is 24.5 Å². The van der Waals surface area contributed by atoms with Crippen molar-refractivity contribution in [3.63, 3.8) is 0 Å². The molecule has 1 aromatic rings. The van der Waals surface area contributed by atoms with Crippen molar-refractivity contribution in [2.24, 2.45) is 0 Å². The molecule has 1 amide bonds. The highest BCUT2D eigenvalue weighted by Crippen LogP contribution is 2.38. The number of pyridine rings is 1. The molecule has 27 heavy (non-hydrogen) atoms. The number of hydrogen-bond acceptors (Lipinski definition) is 5. The summed E-state index contributed by atoms with van der Waals surface area (Å²) in [4.78, 5) is 23.8. The minimum absolute atomic E-state index is 0.0411. The van der Waals surface area contributed by atoms with E-state index in [0.717, 1.165) is 39.0 Å². The number of anilines is 1. The van der Waals surface area contributed by atoms with E-state index in [0.29, 0.717) is 12.6 Å². The van der Waals surface area contributed by atoms with Gasteiger partial charge in [-0.2, -0.15) is 0 Å². The van der Waals surface area contributed by atoms with Gasteiger partial charge in [0.15, 0.2) is 0 Å². The lowest BCUT2D eigenvalue weighted by Gasteiger charge is -2.41. The number of piperidine rings is 1. The molecule has 0 aromatic carbocycles. The summed E-state index contributed by atoms with van der Waals surface area (Å²) in [7, 11) is 0. The average molecular weight is 370 g/mol. The molecular weight excluding hydrogens is 340 g/mol. The Kier molecular flexibility index (Phi) is 4.56. The standard InChI is InChI=1S/C21H30N4O2/c26-19-14-24(17-4-2-1-3-5-17)15-20-25(19)16-21(27-20)8-12-23(13-9-21)18-6-10-22-11-7-18/h6-7,10-11,17,20H,1-5,8-9,12-16H2. The maximum Gasteiger partial charge on any atom is 0.238 e. The molecular formula is C21H30N4O2. The van der Waals surface area contributed by atoms with Gasteiger partial charge in [-0.05, 0) is 37.8 Å². The van der Waals surface area contributed by atoms with Crippen LogP contribution in [0.1, 0.15) is 44.9 Å². The number of carbonyl (C=O) groups is 1. The largest absolute Gasteiger partial charge is 0.371 e. The van der Waals surface area contributed by atoms with Crippen LogP contribution in [-0.4, -0.2) is 71.3 Å². The summed E-state index contributed by atoms with van der Waals surface area (Å²) in [6.07, 6.45) is 12.1. The predicted molar refractivity (Wildman–Crippen MR) is 103 cm³/mol. The highest BCUT2D eigenvalue weighted by molar-refractivity contribution is 5.79. The molecule has 4 aliphatic rings. The average Bonchev–Trinajstić information content (AvgIpc) is 3.08. The zero-order chi connectivity index (χ0) is 18.3. The SMILES string of the molecule is O=C1CN(C2CCCCC2)CC2OC3(CCN(c4ccncc4)CC3)CN12. The number of carbonyl (C=O) groups excluding carboxylic acids is 1.